The average molecular weight is 321 g/mol. The van der Waals surface area contributed by atoms with Crippen LogP contribution in [-0.2, 0) is 11.3 Å². The molecule has 1 aromatic carbocycles. The van der Waals surface area contributed by atoms with Gasteiger partial charge in [0.15, 0.2) is 0 Å². The highest BCUT2D eigenvalue weighted by Crippen LogP contribution is 2.27. The second-order valence-corrected chi connectivity index (χ2v) is 5.97. The molecule has 118 valence electrons. The first-order valence-electron chi connectivity index (χ1n) is 7.45. The number of halogens is 1. The number of carboxylic acids is 1. The maximum absolute atomic E-state index is 11.4. The van der Waals surface area contributed by atoms with Crippen molar-refractivity contribution in [3.63, 3.8) is 0 Å². The third kappa shape index (κ3) is 3.39. The Labute approximate surface area is 135 Å². The summed E-state index contributed by atoms with van der Waals surface area (Å²) in [4.78, 5) is 15.9. The minimum absolute atomic E-state index is 0.0397. The Balaban J connectivity index is 2.28. The topological polar surface area (TPSA) is 62.2 Å². The number of aliphatic carboxylic acids is 1. The van der Waals surface area contributed by atoms with Gasteiger partial charge in [-0.25, -0.2) is 4.98 Å². The summed E-state index contributed by atoms with van der Waals surface area (Å²) in [5, 5.41) is 14.0. The van der Waals surface area contributed by atoms with Crippen LogP contribution in [0.3, 0.4) is 0 Å². The molecular weight excluding hydrogens is 300 g/mol. The van der Waals surface area contributed by atoms with Gasteiger partial charge in [-0.15, -0.1) is 0 Å². The summed E-state index contributed by atoms with van der Waals surface area (Å²) in [6, 6.07) is 7.20. The fourth-order valence-electron chi connectivity index (χ4n) is 2.51. The average Bonchev–Trinajstić information content (AvgIpc) is 2.51. The van der Waals surface area contributed by atoms with Crippen LogP contribution in [0.25, 0.3) is 10.9 Å². The Hall–Kier alpha value is -1.65. The molecule has 0 saturated carbocycles. The van der Waals surface area contributed by atoms with E-state index in [1.165, 1.54) is 0 Å². The predicted molar refractivity (Wildman–Crippen MR) is 89.2 cm³/mol. The number of nitrogens with zero attached hydrogens (tertiary/aromatic N) is 1. The smallest absolute Gasteiger partial charge is 0.320 e. The van der Waals surface area contributed by atoms with E-state index in [1.807, 2.05) is 45.0 Å². The quantitative estimate of drug-likeness (QED) is 0.850. The molecule has 2 rings (SSSR count). The first-order chi connectivity index (χ1) is 10.5. The van der Waals surface area contributed by atoms with Crippen molar-refractivity contribution in [2.24, 2.45) is 5.92 Å². The van der Waals surface area contributed by atoms with Crippen LogP contribution in [0.15, 0.2) is 24.3 Å². The van der Waals surface area contributed by atoms with Crippen LogP contribution in [0.1, 0.15) is 31.5 Å². The SMILES string of the molecule is CC[C@H](C)[C@H](NCc1nc2ccccc2c(C)c1Cl)C(=O)O. The molecule has 2 atom stereocenters. The van der Waals surface area contributed by atoms with E-state index < -0.39 is 12.0 Å². The summed E-state index contributed by atoms with van der Waals surface area (Å²) in [6.45, 7) is 6.20. The number of nitrogens with one attached hydrogen (secondary N) is 1. The van der Waals surface area contributed by atoms with E-state index >= 15 is 0 Å². The van der Waals surface area contributed by atoms with E-state index in [-0.39, 0.29) is 5.92 Å². The van der Waals surface area contributed by atoms with Gasteiger partial charge in [0.2, 0.25) is 0 Å². The molecule has 1 aromatic heterocycles. The summed E-state index contributed by atoms with van der Waals surface area (Å²) in [5.41, 5.74) is 2.53. The van der Waals surface area contributed by atoms with E-state index in [4.69, 9.17) is 11.6 Å². The highest BCUT2D eigenvalue weighted by molar-refractivity contribution is 6.32. The minimum atomic E-state index is -0.844. The maximum atomic E-state index is 11.4. The van der Waals surface area contributed by atoms with Gasteiger partial charge in [0, 0.05) is 11.9 Å². The van der Waals surface area contributed by atoms with Crippen LogP contribution < -0.4 is 5.32 Å². The highest BCUT2D eigenvalue weighted by Gasteiger charge is 2.23. The molecule has 0 fully saturated rings. The molecule has 0 radical (unpaired) electrons. The predicted octanol–water partition coefficient (Wildman–Crippen LogP) is 3.79. The molecule has 0 aliphatic heterocycles. The molecule has 5 heteroatoms. The summed E-state index contributed by atoms with van der Waals surface area (Å²) in [7, 11) is 0. The lowest BCUT2D eigenvalue weighted by atomic mass is 9.99. The number of fused-ring (bicyclic) bond motifs is 1. The minimum Gasteiger partial charge on any atom is -0.480 e. The first kappa shape index (κ1) is 16.7. The van der Waals surface area contributed by atoms with Crippen LogP contribution in [0.2, 0.25) is 5.02 Å². The molecule has 0 bridgehead atoms. The van der Waals surface area contributed by atoms with Crippen molar-refractivity contribution in [1.82, 2.24) is 10.3 Å². The molecule has 2 N–H and O–H groups in total. The molecule has 0 aliphatic carbocycles. The number of benzene rings is 1. The molecule has 22 heavy (non-hydrogen) atoms. The Kier molecular flexibility index (Phi) is 5.37. The molecule has 1 heterocycles. The van der Waals surface area contributed by atoms with Crippen molar-refractivity contribution in [2.75, 3.05) is 0 Å². The monoisotopic (exact) mass is 320 g/mol. The largest absolute Gasteiger partial charge is 0.480 e. The second kappa shape index (κ2) is 7.07. The molecule has 0 unspecified atom stereocenters. The number of para-hydroxylation sites is 1. The lowest BCUT2D eigenvalue weighted by molar-refractivity contribution is -0.140. The van der Waals surface area contributed by atoms with Gasteiger partial charge in [-0.2, -0.15) is 0 Å². The molecule has 0 spiro atoms. The van der Waals surface area contributed by atoms with Gasteiger partial charge in [0.1, 0.15) is 6.04 Å². The van der Waals surface area contributed by atoms with Crippen LogP contribution in [0, 0.1) is 12.8 Å². The second-order valence-electron chi connectivity index (χ2n) is 5.60. The van der Waals surface area contributed by atoms with Crippen molar-refractivity contribution < 1.29 is 9.90 Å². The Bertz CT molecular complexity index is 688. The Morgan fingerprint density at radius 3 is 2.73 bits per heavy atom. The van der Waals surface area contributed by atoms with E-state index in [2.05, 4.69) is 10.3 Å². The fraction of sp³-hybridized carbons (Fsp3) is 0.412. The Morgan fingerprint density at radius 2 is 2.09 bits per heavy atom. The molecule has 2 aromatic rings. The van der Waals surface area contributed by atoms with Crippen LogP contribution in [-0.4, -0.2) is 22.1 Å². The van der Waals surface area contributed by atoms with Crippen LogP contribution >= 0.6 is 11.6 Å². The summed E-state index contributed by atoms with van der Waals surface area (Å²) >= 11 is 6.40. The standard InChI is InChI=1S/C17H21ClN2O2/c1-4-10(2)16(17(21)22)19-9-14-15(18)11(3)12-7-5-6-8-13(12)20-14/h5-8,10,16,19H,4,9H2,1-3H3,(H,21,22)/t10-,16-/m0/s1. The van der Waals surface area contributed by atoms with E-state index in [1.54, 1.807) is 0 Å². The highest BCUT2D eigenvalue weighted by atomic mass is 35.5. The number of pyridine rings is 1. The van der Waals surface area contributed by atoms with Gasteiger partial charge in [-0.3, -0.25) is 10.1 Å². The molecule has 0 aliphatic rings. The molecular formula is C17H21ClN2O2. The zero-order valence-corrected chi connectivity index (χ0v) is 13.8. The number of rotatable bonds is 6. The van der Waals surface area contributed by atoms with Gasteiger partial charge < -0.3 is 5.11 Å². The van der Waals surface area contributed by atoms with Crippen LogP contribution in [0.4, 0.5) is 0 Å². The lowest BCUT2D eigenvalue weighted by Gasteiger charge is -2.20. The number of carboxylic acid groups (broad SMARTS) is 1. The van der Waals surface area contributed by atoms with Gasteiger partial charge in [0.05, 0.1) is 16.2 Å². The zero-order chi connectivity index (χ0) is 16.3. The van der Waals surface area contributed by atoms with Gasteiger partial charge in [-0.05, 0) is 24.5 Å². The summed E-state index contributed by atoms with van der Waals surface area (Å²) in [5.74, 6) is -0.805. The number of aryl methyl sites for hydroxylation is 1. The molecule has 4 nitrogen and oxygen atoms in total. The number of hydrogen-bond donors (Lipinski definition) is 2. The maximum Gasteiger partial charge on any atom is 0.320 e. The van der Waals surface area contributed by atoms with Crippen molar-refractivity contribution in [2.45, 2.75) is 39.8 Å². The fourth-order valence-corrected chi connectivity index (χ4v) is 2.72. The number of carbonyl (C=O) groups is 1. The summed E-state index contributed by atoms with van der Waals surface area (Å²) < 4.78 is 0. The van der Waals surface area contributed by atoms with Crippen molar-refractivity contribution >= 4 is 28.5 Å². The molecule has 0 amide bonds. The van der Waals surface area contributed by atoms with E-state index in [0.29, 0.717) is 17.3 Å². The van der Waals surface area contributed by atoms with E-state index in [9.17, 15) is 9.90 Å². The van der Waals surface area contributed by atoms with Gasteiger partial charge in [-0.1, -0.05) is 50.1 Å². The number of aromatic nitrogens is 1. The zero-order valence-electron chi connectivity index (χ0n) is 13.1. The van der Waals surface area contributed by atoms with Crippen molar-refractivity contribution in [1.29, 1.82) is 0 Å². The first-order valence-corrected chi connectivity index (χ1v) is 7.83. The molecule has 0 saturated heterocycles. The van der Waals surface area contributed by atoms with Crippen LogP contribution in [0.5, 0.6) is 0 Å². The van der Waals surface area contributed by atoms with Gasteiger partial charge >= 0.3 is 5.97 Å². The van der Waals surface area contributed by atoms with Gasteiger partial charge in [0.25, 0.3) is 0 Å². The lowest BCUT2D eigenvalue weighted by Crippen LogP contribution is -2.41. The third-order valence-corrected chi connectivity index (χ3v) is 4.62. The third-order valence-electron chi connectivity index (χ3n) is 4.11. The number of hydrogen-bond acceptors (Lipinski definition) is 3. The summed E-state index contributed by atoms with van der Waals surface area (Å²) in [6.07, 6.45) is 0.794. The Morgan fingerprint density at radius 1 is 1.41 bits per heavy atom. The van der Waals surface area contributed by atoms with E-state index in [0.717, 1.165) is 22.9 Å². The van der Waals surface area contributed by atoms with Crippen molar-refractivity contribution in [3.05, 3.63) is 40.5 Å². The normalized spacial score (nSPS) is 14.0. The van der Waals surface area contributed by atoms with Crippen molar-refractivity contribution in [3.8, 4) is 0 Å².